The summed E-state index contributed by atoms with van der Waals surface area (Å²) in [4.78, 5) is 12.4. The summed E-state index contributed by atoms with van der Waals surface area (Å²) in [5, 5.41) is 2.96. The van der Waals surface area contributed by atoms with Crippen LogP contribution < -0.4 is 9.62 Å². The zero-order chi connectivity index (χ0) is 18.0. The molecule has 2 aromatic carbocycles. The third-order valence-corrected chi connectivity index (χ3v) is 5.71. The number of fused-ring (bicyclic) bond motifs is 1. The van der Waals surface area contributed by atoms with Crippen LogP contribution in [-0.4, -0.2) is 33.7 Å². The summed E-state index contributed by atoms with van der Waals surface area (Å²) in [7, 11) is -3.27. The SMILES string of the molecule is CC(CNC(=O)c1ccc2c(c1)CCN2S(C)(=O)=O)c1ccccc1. The molecule has 132 valence electrons. The Hall–Kier alpha value is -2.34. The van der Waals surface area contributed by atoms with E-state index in [-0.39, 0.29) is 11.8 Å². The van der Waals surface area contributed by atoms with Crippen molar-refractivity contribution in [3.05, 3.63) is 65.2 Å². The summed E-state index contributed by atoms with van der Waals surface area (Å²) >= 11 is 0. The molecule has 2 aromatic rings. The van der Waals surface area contributed by atoms with E-state index in [0.29, 0.717) is 30.8 Å². The standard InChI is InChI=1S/C19H22N2O3S/c1-14(15-6-4-3-5-7-15)13-20-19(22)17-8-9-18-16(12-17)10-11-21(18)25(2,23)24/h3-9,12,14H,10-11,13H2,1-2H3,(H,20,22). The quantitative estimate of drug-likeness (QED) is 0.893. The van der Waals surface area contributed by atoms with E-state index in [9.17, 15) is 13.2 Å². The van der Waals surface area contributed by atoms with E-state index in [4.69, 9.17) is 0 Å². The molecule has 0 saturated heterocycles. The highest BCUT2D eigenvalue weighted by molar-refractivity contribution is 7.92. The molecule has 1 amide bonds. The first-order valence-corrected chi connectivity index (χ1v) is 10.1. The minimum absolute atomic E-state index is 0.136. The molecule has 1 atom stereocenters. The lowest BCUT2D eigenvalue weighted by atomic mass is 10.0. The monoisotopic (exact) mass is 358 g/mol. The lowest BCUT2D eigenvalue weighted by molar-refractivity contribution is 0.0951. The van der Waals surface area contributed by atoms with Crippen LogP contribution in [0.25, 0.3) is 0 Å². The predicted molar refractivity (Wildman–Crippen MR) is 99.5 cm³/mol. The second-order valence-electron chi connectivity index (χ2n) is 6.45. The van der Waals surface area contributed by atoms with Crippen LogP contribution in [0.1, 0.15) is 34.3 Å². The third kappa shape index (κ3) is 3.85. The smallest absolute Gasteiger partial charge is 0.251 e. The van der Waals surface area contributed by atoms with Crippen LogP contribution in [0, 0.1) is 0 Å². The molecule has 0 saturated carbocycles. The first kappa shape index (κ1) is 17.5. The molecule has 1 aliphatic rings. The molecular formula is C19H22N2O3S. The molecule has 1 N–H and O–H groups in total. The van der Waals surface area contributed by atoms with Gasteiger partial charge in [-0.1, -0.05) is 37.3 Å². The minimum atomic E-state index is -3.27. The molecular weight excluding hydrogens is 336 g/mol. The van der Waals surface area contributed by atoms with Crippen molar-refractivity contribution < 1.29 is 13.2 Å². The van der Waals surface area contributed by atoms with Crippen LogP contribution in [0.15, 0.2) is 48.5 Å². The van der Waals surface area contributed by atoms with Gasteiger partial charge in [-0.2, -0.15) is 0 Å². The van der Waals surface area contributed by atoms with Gasteiger partial charge >= 0.3 is 0 Å². The zero-order valence-electron chi connectivity index (χ0n) is 14.4. The highest BCUT2D eigenvalue weighted by atomic mass is 32.2. The maximum Gasteiger partial charge on any atom is 0.251 e. The molecule has 0 aromatic heterocycles. The van der Waals surface area contributed by atoms with Gasteiger partial charge in [0.25, 0.3) is 5.91 Å². The maximum atomic E-state index is 12.4. The Kier molecular flexibility index (Phi) is 4.81. The average molecular weight is 358 g/mol. The second-order valence-corrected chi connectivity index (χ2v) is 8.36. The number of carbonyl (C=O) groups is 1. The van der Waals surface area contributed by atoms with Gasteiger partial charge < -0.3 is 5.32 Å². The normalized spacial score (nSPS) is 14.9. The molecule has 1 heterocycles. The van der Waals surface area contributed by atoms with E-state index >= 15 is 0 Å². The van der Waals surface area contributed by atoms with Crippen LogP contribution in [-0.2, 0) is 16.4 Å². The molecule has 5 nitrogen and oxygen atoms in total. The largest absolute Gasteiger partial charge is 0.351 e. The molecule has 1 aliphatic heterocycles. The van der Waals surface area contributed by atoms with Crippen molar-refractivity contribution in [2.24, 2.45) is 0 Å². The van der Waals surface area contributed by atoms with Crippen molar-refractivity contribution in [3.63, 3.8) is 0 Å². The van der Waals surface area contributed by atoms with Gasteiger partial charge in [0.1, 0.15) is 0 Å². The Morgan fingerprint density at radius 1 is 1.20 bits per heavy atom. The van der Waals surface area contributed by atoms with Gasteiger partial charge in [0, 0.05) is 18.7 Å². The summed E-state index contributed by atoms with van der Waals surface area (Å²) in [5.74, 6) is 0.0867. The number of amides is 1. The third-order valence-electron chi connectivity index (χ3n) is 4.53. The van der Waals surface area contributed by atoms with E-state index in [1.807, 2.05) is 30.3 Å². The molecule has 3 rings (SSSR count). The molecule has 0 spiro atoms. The van der Waals surface area contributed by atoms with Gasteiger partial charge in [0.15, 0.2) is 0 Å². The second kappa shape index (κ2) is 6.88. The van der Waals surface area contributed by atoms with Crippen LogP contribution >= 0.6 is 0 Å². The van der Waals surface area contributed by atoms with Gasteiger partial charge in [0.2, 0.25) is 10.0 Å². The predicted octanol–water partition coefficient (Wildman–Crippen LogP) is 2.54. The van der Waals surface area contributed by atoms with Gasteiger partial charge in [-0.3, -0.25) is 9.10 Å². The number of anilines is 1. The van der Waals surface area contributed by atoms with Crippen molar-refractivity contribution in [2.75, 3.05) is 23.7 Å². The Balaban J connectivity index is 1.68. The van der Waals surface area contributed by atoms with Crippen molar-refractivity contribution in [1.82, 2.24) is 5.32 Å². The van der Waals surface area contributed by atoms with Gasteiger partial charge in [-0.05, 0) is 41.7 Å². The van der Waals surface area contributed by atoms with E-state index in [0.717, 1.165) is 5.56 Å². The molecule has 0 fully saturated rings. The van der Waals surface area contributed by atoms with E-state index in [1.54, 1.807) is 18.2 Å². The summed E-state index contributed by atoms with van der Waals surface area (Å²) in [6.45, 7) is 3.06. The number of hydrogen-bond donors (Lipinski definition) is 1. The van der Waals surface area contributed by atoms with E-state index in [2.05, 4.69) is 12.2 Å². The highest BCUT2D eigenvalue weighted by Gasteiger charge is 2.26. The molecule has 1 unspecified atom stereocenters. The number of benzene rings is 2. The summed E-state index contributed by atoms with van der Waals surface area (Å²) in [5.41, 5.74) is 3.32. The Morgan fingerprint density at radius 2 is 1.92 bits per heavy atom. The zero-order valence-corrected chi connectivity index (χ0v) is 15.2. The van der Waals surface area contributed by atoms with Crippen molar-refractivity contribution in [3.8, 4) is 0 Å². The first-order chi connectivity index (χ1) is 11.9. The number of nitrogens with zero attached hydrogens (tertiary/aromatic N) is 1. The van der Waals surface area contributed by atoms with Gasteiger partial charge in [0.05, 0.1) is 11.9 Å². The molecule has 25 heavy (non-hydrogen) atoms. The molecule has 0 aliphatic carbocycles. The topological polar surface area (TPSA) is 66.5 Å². The highest BCUT2D eigenvalue weighted by Crippen LogP contribution is 2.30. The number of sulfonamides is 1. The number of carbonyl (C=O) groups excluding carboxylic acids is 1. The molecule has 0 radical (unpaired) electrons. The van der Waals surface area contributed by atoms with Crippen LogP contribution in [0.3, 0.4) is 0 Å². The molecule has 6 heteroatoms. The van der Waals surface area contributed by atoms with Gasteiger partial charge in [-0.15, -0.1) is 0 Å². The van der Waals surface area contributed by atoms with Crippen LogP contribution in [0.2, 0.25) is 0 Å². The summed E-state index contributed by atoms with van der Waals surface area (Å²) in [6, 6.07) is 15.2. The number of rotatable bonds is 5. The fraction of sp³-hybridized carbons (Fsp3) is 0.316. The first-order valence-electron chi connectivity index (χ1n) is 8.30. The lowest BCUT2D eigenvalue weighted by Crippen LogP contribution is -2.28. The number of nitrogens with one attached hydrogen (secondary N) is 1. The van der Waals surface area contributed by atoms with Crippen LogP contribution in [0.5, 0.6) is 0 Å². The Labute approximate surface area is 148 Å². The number of hydrogen-bond acceptors (Lipinski definition) is 3. The van der Waals surface area contributed by atoms with Crippen molar-refractivity contribution >= 4 is 21.6 Å². The lowest BCUT2D eigenvalue weighted by Gasteiger charge is -2.17. The van der Waals surface area contributed by atoms with E-state index < -0.39 is 10.0 Å². The van der Waals surface area contributed by atoms with E-state index in [1.165, 1.54) is 16.1 Å². The van der Waals surface area contributed by atoms with Crippen molar-refractivity contribution in [2.45, 2.75) is 19.3 Å². The minimum Gasteiger partial charge on any atom is -0.351 e. The van der Waals surface area contributed by atoms with Crippen LogP contribution in [0.4, 0.5) is 5.69 Å². The fourth-order valence-electron chi connectivity index (χ4n) is 3.10. The average Bonchev–Trinajstić information content (AvgIpc) is 3.03. The van der Waals surface area contributed by atoms with Crippen molar-refractivity contribution in [1.29, 1.82) is 0 Å². The molecule has 0 bridgehead atoms. The summed E-state index contributed by atoms with van der Waals surface area (Å²) in [6.07, 6.45) is 1.83. The maximum absolute atomic E-state index is 12.4. The Morgan fingerprint density at radius 3 is 2.60 bits per heavy atom. The van der Waals surface area contributed by atoms with Gasteiger partial charge in [-0.25, -0.2) is 8.42 Å². The fourth-order valence-corrected chi connectivity index (χ4v) is 4.06. The summed E-state index contributed by atoms with van der Waals surface area (Å²) < 4.78 is 24.9. The Bertz CT molecular complexity index is 879.